The number of nitrogens with zero attached hydrogens (tertiary/aromatic N) is 1. The van der Waals surface area contributed by atoms with E-state index in [1.165, 1.54) is 0 Å². The Kier molecular flexibility index (Phi) is 7.68. The number of carboxylic acid groups (broad SMARTS) is 1. The van der Waals surface area contributed by atoms with Gasteiger partial charge >= 0.3 is 5.97 Å². The lowest BCUT2D eigenvalue weighted by atomic mass is 10.00. The Morgan fingerprint density at radius 3 is 2.22 bits per heavy atom. The van der Waals surface area contributed by atoms with Crippen molar-refractivity contribution in [3.8, 4) is 0 Å². The summed E-state index contributed by atoms with van der Waals surface area (Å²) in [7, 11) is -3.82. The number of hydrogen-bond donors (Lipinski definition) is 4. The molecule has 1 aromatic carbocycles. The molecule has 1 aromatic heterocycles. The zero-order chi connectivity index (χ0) is 19.9. The van der Waals surface area contributed by atoms with Crippen LogP contribution in [0.2, 0.25) is 0 Å². The van der Waals surface area contributed by atoms with Crippen LogP contribution >= 0.6 is 7.37 Å². The fourth-order valence-corrected chi connectivity index (χ4v) is 4.56. The van der Waals surface area contributed by atoms with Gasteiger partial charge in [-0.2, -0.15) is 0 Å². The van der Waals surface area contributed by atoms with E-state index in [2.05, 4.69) is 4.98 Å². The minimum atomic E-state index is -3.82. The maximum Gasteiger partial charge on any atom is 0.307 e. The predicted octanol–water partition coefficient (Wildman–Crippen LogP) is 1.97. The molecule has 0 fully saturated rings. The number of nitrogens with two attached hydrogens (primary N) is 2. The van der Waals surface area contributed by atoms with Crippen LogP contribution in [0.1, 0.15) is 23.1 Å². The molecule has 0 bridgehead atoms. The summed E-state index contributed by atoms with van der Waals surface area (Å²) in [6.45, 7) is 0.404. The number of benzene rings is 1. The first kappa shape index (κ1) is 21.3. The Hall–Kier alpha value is -2.05. The van der Waals surface area contributed by atoms with Gasteiger partial charge in [-0.1, -0.05) is 24.3 Å². The van der Waals surface area contributed by atoms with Crippen molar-refractivity contribution in [3.05, 3.63) is 65.5 Å². The minimum Gasteiger partial charge on any atom is -0.481 e. The van der Waals surface area contributed by atoms with E-state index in [1.807, 2.05) is 24.3 Å². The molecule has 7 nitrogen and oxygen atoms in total. The molecule has 0 radical (unpaired) electrons. The molecule has 2 rings (SSSR count). The second-order valence-corrected chi connectivity index (χ2v) is 9.20. The van der Waals surface area contributed by atoms with Crippen LogP contribution in [0.5, 0.6) is 0 Å². The summed E-state index contributed by atoms with van der Waals surface area (Å²) in [6, 6.07) is 10.9. The zero-order valence-electron chi connectivity index (χ0n) is 15.1. The van der Waals surface area contributed by atoms with Crippen molar-refractivity contribution < 1.29 is 19.4 Å². The molecule has 0 aliphatic carbocycles. The topological polar surface area (TPSA) is 140 Å². The SMILES string of the molecule is NCc1ccc(CC(CP(=O)(O)C(N)CCc2ccncc2)C(=O)O)cc1. The molecular formula is C19H26N3O4P. The zero-order valence-corrected chi connectivity index (χ0v) is 16.0. The van der Waals surface area contributed by atoms with Gasteiger partial charge in [-0.25, -0.2) is 0 Å². The normalized spacial score (nSPS) is 15.7. The molecule has 6 N–H and O–H groups in total. The van der Waals surface area contributed by atoms with Gasteiger partial charge in [0.2, 0.25) is 7.37 Å². The molecule has 0 amide bonds. The summed E-state index contributed by atoms with van der Waals surface area (Å²) >= 11 is 0. The molecule has 2 aromatic rings. The summed E-state index contributed by atoms with van der Waals surface area (Å²) < 4.78 is 12.7. The third-order valence-corrected chi connectivity index (χ3v) is 6.83. The lowest BCUT2D eigenvalue weighted by molar-refractivity contribution is -0.141. The van der Waals surface area contributed by atoms with E-state index in [9.17, 15) is 19.4 Å². The average molecular weight is 391 g/mol. The highest BCUT2D eigenvalue weighted by Crippen LogP contribution is 2.47. The number of aliphatic carboxylic acids is 1. The lowest BCUT2D eigenvalue weighted by Crippen LogP contribution is -2.28. The van der Waals surface area contributed by atoms with Crippen molar-refractivity contribution in [2.45, 2.75) is 31.6 Å². The fourth-order valence-electron chi connectivity index (χ4n) is 2.84. The first-order valence-corrected chi connectivity index (χ1v) is 10.7. The summed E-state index contributed by atoms with van der Waals surface area (Å²) in [5, 5.41) is 9.49. The molecular weight excluding hydrogens is 365 g/mol. The monoisotopic (exact) mass is 391 g/mol. The summed E-state index contributed by atoms with van der Waals surface area (Å²) in [4.78, 5) is 25.9. The summed E-state index contributed by atoms with van der Waals surface area (Å²) in [5.74, 6) is -3.04. The molecule has 27 heavy (non-hydrogen) atoms. The molecule has 0 saturated heterocycles. The molecule has 3 unspecified atom stereocenters. The quantitative estimate of drug-likeness (QED) is 0.454. The van der Waals surface area contributed by atoms with E-state index in [0.29, 0.717) is 19.4 Å². The van der Waals surface area contributed by atoms with Gasteiger partial charge in [0.15, 0.2) is 0 Å². The third-order valence-electron chi connectivity index (χ3n) is 4.57. The van der Waals surface area contributed by atoms with E-state index in [4.69, 9.17) is 11.5 Å². The standard InChI is InChI=1S/C19H26N3O4P/c20-12-16-3-1-15(2-4-16)11-17(19(23)24)13-27(25,26)18(21)6-5-14-7-9-22-10-8-14/h1-4,7-10,17-18H,5-6,11-13,20-21H2,(H,23,24)(H,25,26). The number of aryl methyl sites for hydroxylation is 1. The van der Waals surface area contributed by atoms with Crippen molar-refractivity contribution >= 4 is 13.3 Å². The molecule has 0 spiro atoms. The maximum absolute atomic E-state index is 12.7. The second-order valence-electron chi connectivity index (χ2n) is 6.66. The van der Waals surface area contributed by atoms with E-state index in [-0.39, 0.29) is 12.6 Å². The van der Waals surface area contributed by atoms with Crippen LogP contribution in [0, 0.1) is 5.92 Å². The van der Waals surface area contributed by atoms with Crippen molar-refractivity contribution in [1.29, 1.82) is 0 Å². The van der Waals surface area contributed by atoms with Crippen molar-refractivity contribution in [1.82, 2.24) is 4.98 Å². The van der Waals surface area contributed by atoms with Gasteiger partial charge in [0.1, 0.15) is 0 Å². The van der Waals surface area contributed by atoms with E-state index < -0.39 is 25.0 Å². The number of pyridine rings is 1. The Morgan fingerprint density at radius 2 is 1.67 bits per heavy atom. The van der Waals surface area contributed by atoms with Crippen LogP contribution in [-0.2, 0) is 28.7 Å². The smallest absolute Gasteiger partial charge is 0.307 e. The molecule has 0 aliphatic rings. The Morgan fingerprint density at radius 1 is 1.07 bits per heavy atom. The number of rotatable bonds is 10. The van der Waals surface area contributed by atoms with Gasteiger partial charge in [0.25, 0.3) is 0 Å². The van der Waals surface area contributed by atoms with E-state index in [0.717, 1.165) is 16.7 Å². The minimum absolute atomic E-state index is 0.168. The van der Waals surface area contributed by atoms with Crippen LogP contribution in [0.4, 0.5) is 0 Å². The lowest BCUT2D eigenvalue weighted by Gasteiger charge is -2.22. The number of carboxylic acids is 1. The van der Waals surface area contributed by atoms with Crippen molar-refractivity contribution in [2.75, 3.05) is 6.16 Å². The van der Waals surface area contributed by atoms with Crippen molar-refractivity contribution in [3.63, 3.8) is 0 Å². The van der Waals surface area contributed by atoms with Crippen LogP contribution in [0.25, 0.3) is 0 Å². The molecule has 146 valence electrons. The summed E-state index contributed by atoms with van der Waals surface area (Å²) in [6.07, 6.45) is 3.95. The maximum atomic E-state index is 12.7. The Balaban J connectivity index is 1.99. The highest BCUT2D eigenvalue weighted by molar-refractivity contribution is 7.58. The fraction of sp³-hybridized carbons (Fsp3) is 0.368. The van der Waals surface area contributed by atoms with Gasteiger partial charge in [0.05, 0.1) is 11.7 Å². The van der Waals surface area contributed by atoms with Gasteiger partial charge in [-0.15, -0.1) is 0 Å². The first-order valence-electron chi connectivity index (χ1n) is 8.78. The van der Waals surface area contributed by atoms with Crippen LogP contribution in [0.15, 0.2) is 48.8 Å². The van der Waals surface area contributed by atoms with Gasteiger partial charge in [-0.05, 0) is 48.1 Å². The highest BCUT2D eigenvalue weighted by Gasteiger charge is 2.34. The van der Waals surface area contributed by atoms with Crippen LogP contribution in [-0.4, -0.2) is 32.9 Å². The molecule has 3 atom stereocenters. The first-order chi connectivity index (χ1) is 12.8. The Bertz CT molecular complexity index is 783. The molecule has 1 heterocycles. The predicted molar refractivity (Wildman–Crippen MR) is 104 cm³/mol. The largest absolute Gasteiger partial charge is 0.481 e. The molecule has 0 saturated carbocycles. The van der Waals surface area contributed by atoms with Crippen molar-refractivity contribution in [2.24, 2.45) is 17.4 Å². The summed E-state index contributed by atoms with van der Waals surface area (Å²) in [5.41, 5.74) is 14.2. The second kappa shape index (κ2) is 9.76. The van der Waals surface area contributed by atoms with Gasteiger partial charge in [-0.3, -0.25) is 14.3 Å². The van der Waals surface area contributed by atoms with E-state index in [1.54, 1.807) is 24.5 Å². The van der Waals surface area contributed by atoms with Gasteiger partial charge < -0.3 is 21.5 Å². The molecule has 8 heteroatoms. The van der Waals surface area contributed by atoms with E-state index >= 15 is 0 Å². The Labute approximate surface area is 158 Å². The highest BCUT2D eigenvalue weighted by atomic mass is 31.2. The van der Waals surface area contributed by atoms with Crippen LogP contribution in [0.3, 0.4) is 0 Å². The molecule has 0 aliphatic heterocycles. The number of aromatic nitrogens is 1. The number of hydrogen-bond acceptors (Lipinski definition) is 5. The third kappa shape index (κ3) is 6.56. The average Bonchev–Trinajstić information content (AvgIpc) is 2.66. The number of carbonyl (C=O) groups is 1. The van der Waals surface area contributed by atoms with Crippen LogP contribution < -0.4 is 11.5 Å². The van der Waals surface area contributed by atoms with Gasteiger partial charge in [0, 0.05) is 25.1 Å².